The molecule has 0 saturated carbocycles. The molecule has 6 heteroatoms. The maximum absolute atomic E-state index is 11.5. The standard InChI is InChI=1S/C10H10INO4/c1-2-16-10(15)9(14)3-8(13)7-4-11-6-12-5-7/h4-6H,2-3H2,1H3. The lowest BCUT2D eigenvalue weighted by molar-refractivity contribution is -0.154. The van der Waals surface area contributed by atoms with E-state index in [9.17, 15) is 14.4 Å². The van der Waals surface area contributed by atoms with Gasteiger partial charge in [0.15, 0.2) is 5.78 Å². The van der Waals surface area contributed by atoms with Gasteiger partial charge < -0.3 is 4.74 Å². The fraction of sp³-hybridized carbons (Fsp3) is 0.300. The van der Waals surface area contributed by atoms with Crippen LogP contribution in [0, 0.1) is 0 Å². The first-order valence-corrected chi connectivity index (χ1v) is 7.04. The Labute approximate surface area is 102 Å². The maximum atomic E-state index is 11.5. The van der Waals surface area contributed by atoms with Crippen LogP contribution in [0.5, 0.6) is 0 Å². The number of hydrogen-bond donors (Lipinski definition) is 0. The van der Waals surface area contributed by atoms with Crippen LogP contribution in [0.25, 0.3) is 0 Å². The summed E-state index contributed by atoms with van der Waals surface area (Å²) < 4.78 is 8.02. The summed E-state index contributed by atoms with van der Waals surface area (Å²) in [6.45, 7) is 1.73. The Morgan fingerprint density at radius 1 is 1.44 bits per heavy atom. The molecule has 0 amide bonds. The predicted octanol–water partition coefficient (Wildman–Crippen LogP) is 0.776. The van der Waals surface area contributed by atoms with Gasteiger partial charge in [0, 0.05) is 11.8 Å². The number of rotatable bonds is 5. The van der Waals surface area contributed by atoms with E-state index >= 15 is 0 Å². The molecular formula is C10H10INO4. The fourth-order valence-corrected chi connectivity index (χ4v) is 2.33. The van der Waals surface area contributed by atoms with Gasteiger partial charge in [0.1, 0.15) is 0 Å². The van der Waals surface area contributed by atoms with Gasteiger partial charge in [-0.3, -0.25) is 14.6 Å². The third-order valence-corrected chi connectivity index (χ3v) is 3.33. The molecule has 86 valence electrons. The molecule has 0 saturated heterocycles. The minimum atomic E-state index is -0.953. The Bertz CT molecular complexity index is 409. The van der Waals surface area contributed by atoms with Crippen LogP contribution in [0.1, 0.15) is 13.3 Å². The second-order valence-electron chi connectivity index (χ2n) is 2.81. The number of allylic oxidation sites excluding steroid dienone is 1. The largest absolute Gasteiger partial charge is 0.460 e. The molecule has 1 aliphatic heterocycles. The third kappa shape index (κ3) is 3.76. The van der Waals surface area contributed by atoms with Crippen LogP contribution in [-0.4, -0.2) is 32.4 Å². The van der Waals surface area contributed by atoms with E-state index < -0.39 is 18.2 Å². The summed E-state index contributed by atoms with van der Waals surface area (Å²) >= 11 is -0.341. The normalized spacial score (nSPS) is 13.7. The molecule has 0 aromatic heterocycles. The van der Waals surface area contributed by atoms with Gasteiger partial charge in [0.05, 0.1) is 17.2 Å². The van der Waals surface area contributed by atoms with E-state index in [1.54, 1.807) is 15.2 Å². The molecule has 1 rings (SSSR count). The molecule has 1 heterocycles. The second kappa shape index (κ2) is 6.41. The molecular weight excluding hydrogens is 325 g/mol. The maximum Gasteiger partial charge on any atom is 0.375 e. The van der Waals surface area contributed by atoms with E-state index in [2.05, 4.69) is 9.73 Å². The molecule has 0 fully saturated rings. The van der Waals surface area contributed by atoms with Gasteiger partial charge in [-0.1, -0.05) is 20.7 Å². The quantitative estimate of drug-likeness (QED) is 0.322. The van der Waals surface area contributed by atoms with E-state index in [1.165, 1.54) is 6.20 Å². The molecule has 0 bridgehead atoms. The molecule has 1 aliphatic rings. The van der Waals surface area contributed by atoms with Gasteiger partial charge >= 0.3 is 5.97 Å². The monoisotopic (exact) mass is 335 g/mol. The predicted molar refractivity (Wildman–Crippen MR) is 67.9 cm³/mol. The van der Waals surface area contributed by atoms with E-state index in [4.69, 9.17) is 0 Å². The Balaban J connectivity index is 2.55. The number of esters is 1. The summed E-state index contributed by atoms with van der Waals surface area (Å²) in [5.74, 6) is -2.14. The summed E-state index contributed by atoms with van der Waals surface area (Å²) in [6, 6.07) is 0. The molecule has 0 aromatic rings. The minimum Gasteiger partial charge on any atom is -0.460 e. The van der Waals surface area contributed by atoms with Crippen LogP contribution >= 0.6 is 20.7 Å². The lowest BCUT2D eigenvalue weighted by Gasteiger charge is -2.02. The number of nitrogens with zero attached hydrogens (tertiary/aromatic N) is 1. The molecule has 0 N–H and O–H groups in total. The number of Topliss-reactive ketones (excluding diaryl/α,β-unsaturated/α-hetero) is 2. The van der Waals surface area contributed by atoms with Crippen molar-refractivity contribution in [3.8, 4) is 0 Å². The van der Waals surface area contributed by atoms with Crippen molar-refractivity contribution < 1.29 is 19.1 Å². The molecule has 0 aromatic carbocycles. The van der Waals surface area contributed by atoms with Gasteiger partial charge in [0.2, 0.25) is 5.78 Å². The first-order chi connectivity index (χ1) is 7.65. The van der Waals surface area contributed by atoms with E-state index in [0.29, 0.717) is 5.57 Å². The van der Waals surface area contributed by atoms with Crippen molar-refractivity contribution in [2.45, 2.75) is 13.3 Å². The van der Waals surface area contributed by atoms with Crippen LogP contribution in [0.2, 0.25) is 0 Å². The van der Waals surface area contributed by atoms with Crippen molar-refractivity contribution in [1.29, 1.82) is 0 Å². The average Bonchev–Trinajstić information content (AvgIpc) is 2.30. The van der Waals surface area contributed by atoms with E-state index in [0.717, 1.165) is 0 Å². The van der Waals surface area contributed by atoms with Crippen LogP contribution < -0.4 is 0 Å². The summed E-state index contributed by atoms with van der Waals surface area (Å²) in [5.41, 5.74) is 0.410. The molecule has 0 unspecified atom stereocenters. The summed E-state index contributed by atoms with van der Waals surface area (Å²) in [5, 5.41) is 0. The zero-order valence-electron chi connectivity index (χ0n) is 8.60. The molecule has 5 nitrogen and oxygen atoms in total. The number of halogens is 1. The number of ether oxygens (including phenoxy) is 1. The first-order valence-electron chi connectivity index (χ1n) is 4.55. The smallest absolute Gasteiger partial charge is 0.375 e. The van der Waals surface area contributed by atoms with Crippen molar-refractivity contribution in [2.24, 2.45) is 4.99 Å². The highest BCUT2D eigenvalue weighted by molar-refractivity contribution is 14.2. The van der Waals surface area contributed by atoms with Gasteiger partial charge in [0.25, 0.3) is 0 Å². The van der Waals surface area contributed by atoms with Crippen molar-refractivity contribution in [2.75, 3.05) is 6.61 Å². The fourth-order valence-electron chi connectivity index (χ4n) is 0.930. The van der Waals surface area contributed by atoms with E-state index in [-0.39, 0.29) is 33.1 Å². The molecule has 0 aliphatic carbocycles. The number of ketones is 2. The zero-order chi connectivity index (χ0) is 12.0. The number of carbonyl (C=O) groups excluding carboxylic acids is 3. The minimum absolute atomic E-state index is 0.128. The second-order valence-corrected chi connectivity index (χ2v) is 4.71. The van der Waals surface area contributed by atoms with E-state index in [1.807, 2.05) is 0 Å². The van der Waals surface area contributed by atoms with Gasteiger partial charge in [-0.25, -0.2) is 4.79 Å². The van der Waals surface area contributed by atoms with Gasteiger partial charge in [-0.05, 0) is 10.9 Å². The summed E-state index contributed by atoms with van der Waals surface area (Å²) in [7, 11) is 0. The van der Waals surface area contributed by atoms with Crippen LogP contribution in [0.15, 0.2) is 16.8 Å². The zero-order valence-corrected chi connectivity index (χ0v) is 10.8. The van der Waals surface area contributed by atoms with Crippen LogP contribution in [0.4, 0.5) is 0 Å². The molecule has 0 spiro atoms. The SMILES string of the molecule is CCOC(=O)C(=O)CC(=O)C1=CN=CI=C1. The number of carbonyl (C=O) groups is 3. The number of hydrogen-bond acceptors (Lipinski definition) is 5. The molecule has 16 heavy (non-hydrogen) atoms. The number of aliphatic imine (C=N–C) groups is 1. The van der Waals surface area contributed by atoms with Crippen molar-refractivity contribution in [3.05, 3.63) is 11.8 Å². The summed E-state index contributed by atoms with van der Waals surface area (Å²) in [6.07, 6.45) is 0.963. The van der Waals surface area contributed by atoms with Crippen molar-refractivity contribution in [3.63, 3.8) is 0 Å². The van der Waals surface area contributed by atoms with Crippen LogP contribution in [-0.2, 0) is 19.1 Å². The van der Waals surface area contributed by atoms with Crippen molar-refractivity contribution >= 4 is 46.5 Å². The topological polar surface area (TPSA) is 72.8 Å². The first kappa shape index (κ1) is 12.9. The Morgan fingerprint density at radius 3 is 2.75 bits per heavy atom. The Hall–Kier alpha value is -1.18. The lowest BCUT2D eigenvalue weighted by atomic mass is 10.1. The highest BCUT2D eigenvalue weighted by Crippen LogP contribution is 2.08. The third-order valence-electron chi connectivity index (χ3n) is 1.65. The van der Waals surface area contributed by atoms with Gasteiger partial charge in [-0.15, -0.1) is 0 Å². The highest BCUT2D eigenvalue weighted by atomic mass is 127. The molecule has 0 radical (unpaired) electrons. The molecule has 0 atom stereocenters. The summed E-state index contributed by atoms with van der Waals surface area (Å²) in [4.78, 5) is 37.6. The Morgan fingerprint density at radius 2 is 2.19 bits per heavy atom. The van der Waals surface area contributed by atoms with Crippen molar-refractivity contribution in [1.82, 2.24) is 0 Å². The van der Waals surface area contributed by atoms with Crippen LogP contribution in [0.3, 0.4) is 0 Å². The Kier molecular flexibility index (Phi) is 5.17. The average molecular weight is 335 g/mol. The lowest BCUT2D eigenvalue weighted by Crippen LogP contribution is -2.21. The van der Waals surface area contributed by atoms with Gasteiger partial charge in [-0.2, -0.15) is 0 Å². The highest BCUT2D eigenvalue weighted by Gasteiger charge is 2.20.